The molecule has 1 N–H and O–H groups in total. The lowest BCUT2D eigenvalue weighted by atomic mass is 9.91. The highest BCUT2D eigenvalue weighted by Gasteiger charge is 2.28. The van der Waals surface area contributed by atoms with E-state index in [0.29, 0.717) is 23.3 Å². The fraction of sp³-hybridized carbons (Fsp3) is 0.519. The Morgan fingerprint density at radius 1 is 1.08 bits per heavy atom. The Balaban J connectivity index is 1.71. The number of halogens is 1. The highest BCUT2D eigenvalue weighted by atomic mass is 35.5. The highest BCUT2D eigenvalue weighted by molar-refractivity contribution is 7.90. The van der Waals surface area contributed by atoms with Gasteiger partial charge in [-0.1, -0.05) is 17.7 Å². The number of rotatable bonds is 4. The lowest BCUT2D eigenvalue weighted by Crippen LogP contribution is -2.38. The van der Waals surface area contributed by atoms with Gasteiger partial charge in [-0.2, -0.15) is 0 Å². The molecule has 36 heavy (non-hydrogen) atoms. The van der Waals surface area contributed by atoms with Crippen LogP contribution >= 0.6 is 11.6 Å². The molecule has 1 amide bonds. The summed E-state index contributed by atoms with van der Waals surface area (Å²) in [7, 11) is -3.98. The second kappa shape index (κ2) is 11.4. The van der Waals surface area contributed by atoms with Crippen molar-refractivity contribution in [3.05, 3.63) is 52.5 Å². The third-order valence-corrected chi connectivity index (χ3v) is 8.47. The van der Waals surface area contributed by atoms with Gasteiger partial charge in [-0.05, 0) is 93.3 Å². The van der Waals surface area contributed by atoms with Gasteiger partial charge in [-0.3, -0.25) is 4.79 Å². The van der Waals surface area contributed by atoms with E-state index >= 15 is 0 Å². The largest absolute Gasteiger partial charge is 0.487 e. The van der Waals surface area contributed by atoms with E-state index in [-0.39, 0.29) is 17.1 Å². The first kappa shape index (κ1) is 26.8. The first-order chi connectivity index (χ1) is 17.1. The van der Waals surface area contributed by atoms with Crippen LogP contribution in [0.25, 0.3) is 0 Å². The molecular weight excluding hydrogens is 500 g/mol. The number of nitrogens with zero attached hydrogens (tertiary/aromatic N) is 1. The zero-order valence-corrected chi connectivity index (χ0v) is 22.7. The number of hydrogen-bond donors (Lipinski definition) is 1. The van der Waals surface area contributed by atoms with Crippen LogP contribution in [-0.2, 0) is 32.6 Å². The fourth-order valence-corrected chi connectivity index (χ4v) is 6.54. The highest BCUT2D eigenvalue weighted by Crippen LogP contribution is 2.36. The number of benzene rings is 2. The Bertz CT molecular complexity index is 1190. The van der Waals surface area contributed by atoms with Gasteiger partial charge in [0.1, 0.15) is 12.4 Å². The Hall–Kier alpha value is -2.29. The smallest absolute Gasteiger partial charge is 0.264 e. The minimum absolute atomic E-state index is 0.0424. The molecule has 2 aliphatic rings. The van der Waals surface area contributed by atoms with Gasteiger partial charge < -0.3 is 14.4 Å². The summed E-state index contributed by atoms with van der Waals surface area (Å²) in [5, 5.41) is 0.709. The first-order valence-corrected chi connectivity index (χ1v) is 14.4. The van der Waals surface area contributed by atoms with Crippen molar-refractivity contribution >= 4 is 33.2 Å². The molecule has 0 saturated carbocycles. The number of carbonyl (C=O) groups excluding carboxylic acids is 1. The number of carbonyl (C=O) groups is 1. The van der Waals surface area contributed by atoms with Crippen LogP contribution in [0, 0.1) is 5.92 Å². The predicted octanol–water partition coefficient (Wildman–Crippen LogP) is 5.09. The SMILES string of the molecule is CC(=O)NS(=O)(=O)c1ccc2c(c1)N(CC1C[C@@H](C)O[C@@H](C)C1)CCCCc1cc(Cl)ccc1CO2. The summed E-state index contributed by atoms with van der Waals surface area (Å²) in [6.45, 7) is 7.29. The number of amides is 1. The number of sulfonamides is 1. The van der Waals surface area contributed by atoms with E-state index in [9.17, 15) is 13.2 Å². The van der Waals surface area contributed by atoms with E-state index in [0.717, 1.165) is 56.4 Å². The molecule has 0 radical (unpaired) electrons. The molecule has 2 heterocycles. The number of nitrogens with one attached hydrogen (secondary N) is 1. The van der Waals surface area contributed by atoms with Crippen LogP contribution in [0.5, 0.6) is 5.75 Å². The van der Waals surface area contributed by atoms with Gasteiger partial charge in [0.2, 0.25) is 5.91 Å². The monoisotopic (exact) mass is 534 g/mol. The van der Waals surface area contributed by atoms with E-state index in [1.165, 1.54) is 18.6 Å². The minimum Gasteiger partial charge on any atom is -0.487 e. The van der Waals surface area contributed by atoms with E-state index < -0.39 is 15.9 Å². The third-order valence-electron chi connectivity index (χ3n) is 6.81. The number of anilines is 1. The molecular formula is C27H35ClN2O5S. The molecule has 0 spiro atoms. The van der Waals surface area contributed by atoms with Crippen LogP contribution in [0.4, 0.5) is 5.69 Å². The van der Waals surface area contributed by atoms with Crippen molar-refractivity contribution in [3.63, 3.8) is 0 Å². The van der Waals surface area contributed by atoms with Crippen LogP contribution in [0.3, 0.4) is 0 Å². The molecule has 0 bridgehead atoms. The average Bonchev–Trinajstić information content (AvgIpc) is 2.81. The lowest BCUT2D eigenvalue weighted by molar-refractivity contribution is -0.117. The zero-order chi connectivity index (χ0) is 25.9. The van der Waals surface area contributed by atoms with Gasteiger partial charge >= 0.3 is 0 Å². The molecule has 0 aromatic heterocycles. The van der Waals surface area contributed by atoms with Crippen molar-refractivity contribution in [1.29, 1.82) is 0 Å². The molecule has 3 atom stereocenters. The maximum atomic E-state index is 12.8. The molecule has 1 unspecified atom stereocenters. The topological polar surface area (TPSA) is 84.9 Å². The van der Waals surface area contributed by atoms with Crippen molar-refractivity contribution in [3.8, 4) is 5.75 Å². The Labute approximate surface area is 219 Å². The van der Waals surface area contributed by atoms with Gasteiger partial charge in [0.05, 0.1) is 22.8 Å². The van der Waals surface area contributed by atoms with Gasteiger partial charge in [0.15, 0.2) is 0 Å². The lowest BCUT2D eigenvalue weighted by Gasteiger charge is -2.37. The van der Waals surface area contributed by atoms with Crippen molar-refractivity contribution < 1.29 is 22.7 Å². The summed E-state index contributed by atoms with van der Waals surface area (Å²) < 4.78 is 40.0. The fourth-order valence-electron chi connectivity index (χ4n) is 5.34. The normalized spacial score (nSPS) is 23.0. The van der Waals surface area contributed by atoms with Gasteiger partial charge in [-0.25, -0.2) is 13.1 Å². The number of aryl methyl sites for hydroxylation is 1. The second-order valence-corrected chi connectivity index (χ2v) is 12.1. The molecule has 2 aliphatic heterocycles. The van der Waals surface area contributed by atoms with Crippen LogP contribution in [-0.4, -0.2) is 39.6 Å². The predicted molar refractivity (Wildman–Crippen MR) is 141 cm³/mol. The summed E-state index contributed by atoms with van der Waals surface area (Å²) in [5.41, 5.74) is 2.97. The number of hydrogen-bond acceptors (Lipinski definition) is 6. The summed E-state index contributed by atoms with van der Waals surface area (Å²) in [5.74, 6) is 0.404. The Morgan fingerprint density at radius 2 is 1.83 bits per heavy atom. The molecule has 1 saturated heterocycles. The summed E-state index contributed by atoms with van der Waals surface area (Å²) in [6, 6.07) is 10.7. The van der Waals surface area contributed by atoms with E-state index in [1.807, 2.05) is 18.2 Å². The summed E-state index contributed by atoms with van der Waals surface area (Å²) in [6.07, 6.45) is 5.08. The average molecular weight is 535 g/mol. The van der Waals surface area contributed by atoms with E-state index in [4.69, 9.17) is 21.1 Å². The summed E-state index contributed by atoms with van der Waals surface area (Å²) >= 11 is 6.26. The Morgan fingerprint density at radius 3 is 2.56 bits per heavy atom. The van der Waals surface area contributed by atoms with E-state index in [2.05, 4.69) is 23.5 Å². The van der Waals surface area contributed by atoms with Gasteiger partial charge in [-0.15, -0.1) is 0 Å². The minimum atomic E-state index is -3.98. The van der Waals surface area contributed by atoms with Crippen LogP contribution in [0.2, 0.25) is 5.02 Å². The standard InChI is InChI=1S/C27H35ClN2O5S/c1-18-12-21(13-19(2)35-18)16-30-11-5-4-6-22-14-24(28)8-7-23(22)17-34-27-10-9-25(15-26(27)30)36(32,33)29-20(3)31/h7-10,14-15,18-19,21H,4-6,11-13,16-17H2,1-3H3,(H,29,31)/t18-,19+,21?. The Kier molecular flexibility index (Phi) is 8.48. The molecule has 196 valence electrons. The van der Waals surface area contributed by atoms with Crippen molar-refractivity contribution in [2.75, 3.05) is 18.0 Å². The molecule has 2 aromatic carbocycles. The van der Waals surface area contributed by atoms with Crippen LogP contribution in [0.1, 0.15) is 57.6 Å². The molecule has 9 heteroatoms. The molecule has 2 aromatic rings. The zero-order valence-electron chi connectivity index (χ0n) is 21.1. The first-order valence-electron chi connectivity index (χ1n) is 12.6. The van der Waals surface area contributed by atoms with Gasteiger partial charge in [0, 0.05) is 25.0 Å². The summed E-state index contributed by atoms with van der Waals surface area (Å²) in [4.78, 5) is 13.8. The maximum absolute atomic E-state index is 12.8. The number of fused-ring (bicyclic) bond motifs is 2. The number of ether oxygens (including phenoxy) is 2. The van der Waals surface area contributed by atoms with Crippen molar-refractivity contribution in [2.45, 2.75) is 76.6 Å². The van der Waals surface area contributed by atoms with Gasteiger partial charge in [0.25, 0.3) is 10.0 Å². The van der Waals surface area contributed by atoms with Crippen LogP contribution < -0.4 is 14.4 Å². The quantitative estimate of drug-likeness (QED) is 0.588. The molecule has 7 nitrogen and oxygen atoms in total. The van der Waals surface area contributed by atoms with Crippen LogP contribution in [0.15, 0.2) is 41.3 Å². The van der Waals surface area contributed by atoms with E-state index in [1.54, 1.807) is 12.1 Å². The van der Waals surface area contributed by atoms with Crippen molar-refractivity contribution in [1.82, 2.24) is 4.72 Å². The second-order valence-electron chi connectivity index (χ2n) is 9.99. The maximum Gasteiger partial charge on any atom is 0.264 e. The van der Waals surface area contributed by atoms with Crippen molar-refractivity contribution in [2.24, 2.45) is 5.92 Å². The molecule has 1 fully saturated rings. The molecule has 0 aliphatic carbocycles. The third kappa shape index (κ3) is 6.72. The molecule has 4 rings (SSSR count).